The average Bonchev–Trinajstić information content (AvgIpc) is 3.61. The van der Waals surface area contributed by atoms with E-state index in [1.54, 1.807) is 37.6 Å². The molecule has 58 heavy (non-hydrogen) atoms. The van der Waals surface area contributed by atoms with E-state index < -0.39 is 33.1 Å². The second-order valence-electron chi connectivity index (χ2n) is 14.3. The van der Waals surface area contributed by atoms with Crippen molar-refractivity contribution in [2.24, 2.45) is 5.92 Å². The Morgan fingerprint density at radius 2 is 1.74 bits per heavy atom. The molecule has 302 valence electrons. The van der Waals surface area contributed by atoms with Gasteiger partial charge in [-0.05, 0) is 92.3 Å². The molecule has 3 aromatic carbocycles. The van der Waals surface area contributed by atoms with Crippen LogP contribution in [0.4, 0.5) is 31.8 Å². The minimum absolute atomic E-state index is 0.0798. The topological polar surface area (TPSA) is 140 Å². The van der Waals surface area contributed by atoms with Gasteiger partial charge in [0, 0.05) is 49.1 Å². The lowest BCUT2D eigenvalue weighted by Crippen LogP contribution is -2.34. The number of carbonyl (C=O) groups is 1. The van der Waals surface area contributed by atoms with Gasteiger partial charge >= 0.3 is 0 Å². The molecule has 7 rings (SSSR count). The van der Waals surface area contributed by atoms with E-state index in [4.69, 9.17) is 19.4 Å². The lowest BCUT2D eigenvalue weighted by Gasteiger charge is -2.34. The number of rotatable bonds is 15. The van der Waals surface area contributed by atoms with Crippen LogP contribution in [0.2, 0.25) is 0 Å². The van der Waals surface area contributed by atoms with Crippen molar-refractivity contribution >= 4 is 44.4 Å². The molecule has 0 saturated carbocycles. The Labute approximate surface area is 336 Å². The number of piperidine rings is 1. The molecule has 0 aliphatic carbocycles. The first kappa shape index (κ1) is 40.1. The number of carbonyl (C=O) groups excluding carboxylic acids is 1. The summed E-state index contributed by atoms with van der Waals surface area (Å²) in [5.74, 6) is -0.775. The van der Waals surface area contributed by atoms with E-state index in [0.29, 0.717) is 64.6 Å². The molecule has 6 aromatic rings. The molecular weight excluding hydrogens is 765 g/mol. The number of para-hydroxylation sites is 1. The van der Waals surface area contributed by atoms with E-state index in [2.05, 4.69) is 20.5 Å². The van der Waals surface area contributed by atoms with E-state index in [1.165, 1.54) is 12.3 Å². The molecule has 3 aromatic heterocycles. The summed E-state index contributed by atoms with van der Waals surface area (Å²) in [5.41, 5.74) is 4.01. The van der Waals surface area contributed by atoms with Gasteiger partial charge in [0.15, 0.2) is 0 Å². The summed E-state index contributed by atoms with van der Waals surface area (Å²) in [6, 6.07) is 21.7. The van der Waals surface area contributed by atoms with Crippen molar-refractivity contribution < 1.29 is 31.5 Å². The maximum atomic E-state index is 14.6. The largest absolute Gasteiger partial charge is 0.494 e. The zero-order chi connectivity index (χ0) is 40.8. The second-order valence-corrected chi connectivity index (χ2v) is 16.6. The van der Waals surface area contributed by atoms with Crippen molar-refractivity contribution in [1.82, 2.24) is 19.4 Å². The van der Waals surface area contributed by atoms with Crippen molar-refractivity contribution in [3.63, 3.8) is 0 Å². The lowest BCUT2D eigenvalue weighted by atomic mass is 9.94. The number of ether oxygens (including phenoxy) is 2. The first-order valence-corrected chi connectivity index (χ1v) is 21.3. The number of methoxy groups -OCH3 is 1. The van der Waals surface area contributed by atoms with E-state index >= 15 is 0 Å². The number of anilines is 4. The van der Waals surface area contributed by atoms with Crippen molar-refractivity contribution in [3.8, 4) is 34.1 Å². The minimum atomic E-state index is -2.98. The van der Waals surface area contributed by atoms with Gasteiger partial charge in [-0.15, -0.1) is 0 Å². The Balaban J connectivity index is 1.18. The van der Waals surface area contributed by atoms with Gasteiger partial charge < -0.3 is 25.0 Å². The van der Waals surface area contributed by atoms with Crippen LogP contribution >= 0.6 is 0 Å². The first-order chi connectivity index (χ1) is 28.0. The summed E-state index contributed by atoms with van der Waals surface area (Å²) in [5, 5.41) is 5.70. The molecule has 1 aliphatic rings. The summed E-state index contributed by atoms with van der Waals surface area (Å²) in [6.07, 6.45) is 8.93. The van der Waals surface area contributed by atoms with Crippen molar-refractivity contribution in [2.45, 2.75) is 39.0 Å². The third-order valence-electron chi connectivity index (χ3n) is 10.2. The Morgan fingerprint density at radius 3 is 2.48 bits per heavy atom. The Kier molecular flexibility index (Phi) is 12.2. The number of nitrogens with one attached hydrogen (secondary N) is 2. The molecule has 2 N–H and O–H groups in total. The third kappa shape index (κ3) is 9.20. The molecular formula is C43H45F2N7O5S. The van der Waals surface area contributed by atoms with Gasteiger partial charge in [-0.3, -0.25) is 9.20 Å². The molecule has 12 nitrogen and oxygen atoms in total. The van der Waals surface area contributed by atoms with E-state index in [-0.39, 0.29) is 17.1 Å². The van der Waals surface area contributed by atoms with Gasteiger partial charge in [0.1, 0.15) is 44.3 Å². The molecule has 0 atom stereocenters. The number of pyridine rings is 1. The number of fused-ring (bicyclic) bond motifs is 1. The first-order valence-electron chi connectivity index (χ1n) is 19.2. The van der Waals surface area contributed by atoms with Gasteiger partial charge in [-0.1, -0.05) is 25.5 Å². The van der Waals surface area contributed by atoms with Gasteiger partial charge in [0.25, 0.3) is 5.91 Å². The quantitative estimate of drug-likeness (QED) is 0.0970. The molecule has 0 spiro atoms. The summed E-state index contributed by atoms with van der Waals surface area (Å²) in [4.78, 5) is 30.3. The van der Waals surface area contributed by atoms with Crippen LogP contribution in [0.3, 0.4) is 0 Å². The molecule has 15 heteroatoms. The van der Waals surface area contributed by atoms with E-state index in [0.717, 1.165) is 56.6 Å². The number of hydrogen-bond acceptors (Lipinski definition) is 10. The standard InChI is InChI=1S/C43H45F2N7O5S/c1-4-5-24-57-36-15-12-29(26-31(36)42(53)50-40-32(44)9-8-10-33(40)45)39-41(52-21-7-6-11-38(52)49-39)35-16-20-46-43(48-35)47-34-14-13-30(27-37(34)56-2)51-22-17-28(18-23-51)19-25-58(3,54)55/h6-16,20-21,26-28H,4-5,17-19,22-25H2,1-3H3,(H,50,53)(H,46,47,48). The third-order valence-corrected chi connectivity index (χ3v) is 11.2. The molecule has 0 bridgehead atoms. The lowest BCUT2D eigenvalue weighted by molar-refractivity contribution is 0.102. The zero-order valence-electron chi connectivity index (χ0n) is 32.5. The number of halogens is 2. The fourth-order valence-electron chi connectivity index (χ4n) is 7.06. The monoisotopic (exact) mass is 809 g/mol. The van der Waals surface area contributed by atoms with Crippen LogP contribution in [0, 0.1) is 17.6 Å². The number of imidazole rings is 1. The fraction of sp³-hybridized carbons (Fsp3) is 0.302. The molecule has 0 unspecified atom stereocenters. The van der Waals surface area contributed by atoms with Crippen LogP contribution in [0.5, 0.6) is 11.5 Å². The van der Waals surface area contributed by atoms with Gasteiger partial charge in [-0.25, -0.2) is 32.2 Å². The maximum absolute atomic E-state index is 14.6. The Morgan fingerprint density at radius 1 is 0.948 bits per heavy atom. The highest BCUT2D eigenvalue weighted by Gasteiger charge is 2.24. The maximum Gasteiger partial charge on any atom is 0.259 e. The Bertz CT molecular complexity index is 2520. The molecule has 1 amide bonds. The summed E-state index contributed by atoms with van der Waals surface area (Å²) in [7, 11) is -1.38. The van der Waals surface area contributed by atoms with Crippen molar-refractivity contribution in [2.75, 3.05) is 54.3 Å². The number of nitrogens with zero attached hydrogens (tertiary/aromatic N) is 5. The SMILES string of the molecule is CCCCOc1ccc(-c2nc3ccccn3c2-c2ccnc(Nc3ccc(N4CCC(CCS(C)(=O)=O)CC4)cc3OC)n2)cc1C(=O)Nc1c(F)cccc1F. The predicted molar refractivity (Wildman–Crippen MR) is 222 cm³/mol. The van der Waals surface area contributed by atoms with Crippen molar-refractivity contribution in [1.29, 1.82) is 0 Å². The number of sulfone groups is 1. The van der Waals surface area contributed by atoms with Gasteiger partial charge in [0.2, 0.25) is 5.95 Å². The fourth-order valence-corrected chi connectivity index (χ4v) is 7.82. The Hall–Kier alpha value is -6.09. The van der Waals surface area contributed by atoms with Crippen LogP contribution in [0.25, 0.3) is 28.3 Å². The van der Waals surface area contributed by atoms with E-state index in [1.807, 2.05) is 53.9 Å². The minimum Gasteiger partial charge on any atom is -0.494 e. The number of hydrogen-bond donors (Lipinski definition) is 2. The smallest absolute Gasteiger partial charge is 0.259 e. The molecule has 4 heterocycles. The van der Waals surface area contributed by atoms with Crippen LogP contribution < -0.4 is 25.0 Å². The number of aromatic nitrogens is 4. The van der Waals surface area contributed by atoms with Gasteiger partial charge in [0.05, 0.1) is 47.8 Å². The predicted octanol–water partition coefficient (Wildman–Crippen LogP) is 8.57. The number of amides is 1. The van der Waals surface area contributed by atoms with Crippen molar-refractivity contribution in [3.05, 3.63) is 108 Å². The van der Waals surface area contributed by atoms with E-state index in [9.17, 15) is 22.0 Å². The highest BCUT2D eigenvalue weighted by atomic mass is 32.2. The average molecular weight is 810 g/mol. The highest BCUT2D eigenvalue weighted by molar-refractivity contribution is 7.90. The molecule has 1 fully saturated rings. The summed E-state index contributed by atoms with van der Waals surface area (Å²) >= 11 is 0. The molecule has 0 radical (unpaired) electrons. The summed E-state index contributed by atoms with van der Waals surface area (Å²) in [6.45, 7) is 4.01. The normalized spacial score (nSPS) is 13.4. The number of benzene rings is 3. The number of unbranched alkanes of at least 4 members (excludes halogenated alkanes) is 1. The molecule has 1 aliphatic heterocycles. The summed E-state index contributed by atoms with van der Waals surface area (Å²) < 4.78 is 66.2. The molecule has 1 saturated heterocycles. The van der Waals surface area contributed by atoms with Crippen LogP contribution in [0.15, 0.2) is 91.3 Å². The second kappa shape index (κ2) is 17.6. The van der Waals surface area contributed by atoms with Crippen LogP contribution in [-0.2, 0) is 9.84 Å². The van der Waals surface area contributed by atoms with Crippen LogP contribution in [0.1, 0.15) is 49.4 Å². The van der Waals surface area contributed by atoms with Crippen LogP contribution in [-0.4, -0.2) is 72.5 Å². The zero-order valence-corrected chi connectivity index (χ0v) is 33.4. The van der Waals surface area contributed by atoms with Gasteiger partial charge in [-0.2, -0.15) is 0 Å². The highest BCUT2D eigenvalue weighted by Crippen LogP contribution is 2.37.